The monoisotopic (exact) mass is 616 g/mol. The van der Waals surface area contributed by atoms with Crippen molar-refractivity contribution >= 4 is 39.1 Å². The molecule has 0 spiro atoms. The Morgan fingerprint density at radius 2 is 1.63 bits per heavy atom. The Bertz CT molecular complexity index is 1810. The number of hydrogen-bond acceptors (Lipinski definition) is 7. The second kappa shape index (κ2) is 13.5. The smallest absolute Gasteiger partial charge is 0.343 e. The molecule has 0 atom stereocenters. The van der Waals surface area contributed by atoms with Crippen molar-refractivity contribution in [2.45, 2.75) is 26.6 Å². The average molecular weight is 617 g/mol. The van der Waals surface area contributed by atoms with Crippen LogP contribution in [0, 0.1) is 0 Å². The van der Waals surface area contributed by atoms with Crippen LogP contribution in [-0.4, -0.2) is 43.3 Å². The molecular formula is C34H33ClN2O5S. The van der Waals surface area contributed by atoms with Crippen LogP contribution in [0.1, 0.15) is 34.0 Å². The summed E-state index contributed by atoms with van der Waals surface area (Å²) in [4.78, 5) is 31.1. The molecular weight excluding hydrogens is 584 g/mol. The normalized spacial score (nSPS) is 11.2. The molecule has 0 bridgehead atoms. The Kier molecular flexibility index (Phi) is 9.50. The minimum absolute atomic E-state index is 0.00154. The van der Waals surface area contributed by atoms with Gasteiger partial charge in [-0.3, -0.25) is 9.69 Å². The second-order valence-corrected chi connectivity index (χ2v) is 11.5. The first kappa shape index (κ1) is 30.4. The number of para-hydroxylation sites is 1. The molecule has 0 radical (unpaired) electrons. The van der Waals surface area contributed by atoms with E-state index in [4.69, 9.17) is 25.8 Å². The molecule has 5 aromatic rings. The van der Waals surface area contributed by atoms with Gasteiger partial charge >= 0.3 is 5.97 Å². The topological polar surface area (TPSA) is 70.0 Å². The summed E-state index contributed by atoms with van der Waals surface area (Å²) in [5.74, 6) is 0.817. The Morgan fingerprint density at radius 1 is 0.930 bits per heavy atom. The third-order valence-electron chi connectivity index (χ3n) is 7.21. The van der Waals surface area contributed by atoms with Gasteiger partial charge in [-0.2, -0.15) is 0 Å². The predicted molar refractivity (Wildman–Crippen MR) is 173 cm³/mol. The van der Waals surface area contributed by atoms with Crippen LogP contribution in [0.3, 0.4) is 0 Å². The summed E-state index contributed by atoms with van der Waals surface area (Å²) in [5, 5.41) is 1.19. The molecule has 0 aliphatic rings. The minimum Gasteiger partial charge on any atom is -0.497 e. The molecule has 5 rings (SSSR count). The Morgan fingerprint density at radius 3 is 2.30 bits per heavy atom. The standard InChI is InChI=1S/C34H33ClN2O5S/c1-5-42-34(39)27-21-37(19-24-11-7-9-13-29(24)41-4)33-30(31(27)38)26(20-36(2)18-23-10-6-8-12-28(23)35)32(43-33)22-14-16-25(40-3)17-15-22/h6-17,21H,5,18-20H2,1-4H3. The zero-order valence-corrected chi connectivity index (χ0v) is 26.1. The number of fused-ring (bicyclic) bond motifs is 1. The van der Waals surface area contributed by atoms with Crippen LogP contribution in [0.4, 0.5) is 0 Å². The fourth-order valence-electron chi connectivity index (χ4n) is 5.15. The quantitative estimate of drug-likeness (QED) is 0.146. The molecule has 7 nitrogen and oxygen atoms in total. The van der Waals surface area contributed by atoms with E-state index in [0.717, 1.165) is 43.5 Å². The number of ether oxygens (including phenoxy) is 3. The van der Waals surface area contributed by atoms with Gasteiger partial charge in [0.25, 0.3) is 0 Å². The highest BCUT2D eigenvalue weighted by Gasteiger charge is 2.25. The summed E-state index contributed by atoms with van der Waals surface area (Å²) >= 11 is 8.01. The highest BCUT2D eigenvalue weighted by molar-refractivity contribution is 7.22. The van der Waals surface area contributed by atoms with Crippen LogP contribution in [0.25, 0.3) is 20.7 Å². The first-order valence-electron chi connectivity index (χ1n) is 13.9. The van der Waals surface area contributed by atoms with Crippen LogP contribution in [0.15, 0.2) is 83.8 Å². The Balaban J connectivity index is 1.73. The van der Waals surface area contributed by atoms with Crippen molar-refractivity contribution in [3.05, 3.63) is 116 Å². The maximum Gasteiger partial charge on any atom is 0.343 e. The molecule has 222 valence electrons. The van der Waals surface area contributed by atoms with E-state index in [-0.39, 0.29) is 17.6 Å². The van der Waals surface area contributed by atoms with Crippen LogP contribution >= 0.6 is 22.9 Å². The van der Waals surface area contributed by atoms with Crippen LogP contribution in [-0.2, 0) is 24.4 Å². The van der Waals surface area contributed by atoms with Gasteiger partial charge in [-0.25, -0.2) is 4.79 Å². The lowest BCUT2D eigenvalue weighted by Crippen LogP contribution is -2.23. The van der Waals surface area contributed by atoms with Gasteiger partial charge in [-0.1, -0.05) is 48.0 Å². The average Bonchev–Trinajstić information content (AvgIpc) is 3.39. The van der Waals surface area contributed by atoms with Crippen molar-refractivity contribution in [1.29, 1.82) is 0 Å². The second-order valence-electron chi connectivity index (χ2n) is 10.1. The zero-order valence-electron chi connectivity index (χ0n) is 24.6. The minimum atomic E-state index is -0.643. The maximum atomic E-state index is 14.1. The Hall–Kier alpha value is -4.11. The first-order valence-corrected chi connectivity index (χ1v) is 15.1. The van der Waals surface area contributed by atoms with Gasteiger partial charge in [0.2, 0.25) is 5.43 Å². The number of pyridine rings is 1. The van der Waals surface area contributed by atoms with Crippen molar-refractivity contribution in [3.8, 4) is 21.9 Å². The molecule has 0 aliphatic carbocycles. The van der Waals surface area contributed by atoms with E-state index in [1.807, 2.05) is 84.4 Å². The molecule has 3 aromatic carbocycles. The summed E-state index contributed by atoms with van der Waals surface area (Å²) in [6, 6.07) is 23.2. The SMILES string of the molecule is CCOC(=O)c1cn(Cc2ccccc2OC)c2sc(-c3ccc(OC)cc3)c(CN(C)Cc3ccccc3Cl)c2c1=O. The lowest BCUT2D eigenvalue weighted by Gasteiger charge is -2.19. The highest BCUT2D eigenvalue weighted by atomic mass is 35.5. The van der Waals surface area contributed by atoms with Gasteiger partial charge in [0.15, 0.2) is 0 Å². The van der Waals surface area contributed by atoms with E-state index in [1.54, 1.807) is 27.3 Å². The molecule has 0 N–H and O–H groups in total. The van der Waals surface area contributed by atoms with E-state index in [0.29, 0.717) is 30.0 Å². The number of hydrogen-bond donors (Lipinski definition) is 0. The Labute approximate surface area is 259 Å². The molecule has 43 heavy (non-hydrogen) atoms. The lowest BCUT2D eigenvalue weighted by atomic mass is 10.0. The van der Waals surface area contributed by atoms with Crippen LogP contribution < -0.4 is 14.9 Å². The predicted octanol–water partition coefficient (Wildman–Crippen LogP) is 7.26. The van der Waals surface area contributed by atoms with E-state index in [1.165, 1.54) is 11.3 Å². The largest absolute Gasteiger partial charge is 0.497 e. The maximum absolute atomic E-state index is 14.1. The molecule has 0 saturated heterocycles. The van der Waals surface area contributed by atoms with E-state index in [2.05, 4.69) is 4.90 Å². The number of halogens is 1. The molecule has 0 unspecified atom stereocenters. The number of carbonyl (C=O) groups is 1. The van der Waals surface area contributed by atoms with E-state index >= 15 is 0 Å². The van der Waals surface area contributed by atoms with Gasteiger partial charge in [-0.05, 0) is 67.1 Å². The number of nitrogens with zero attached hydrogens (tertiary/aromatic N) is 2. The summed E-state index contributed by atoms with van der Waals surface area (Å²) in [6.07, 6.45) is 1.61. The molecule has 9 heteroatoms. The van der Waals surface area contributed by atoms with Gasteiger partial charge in [0.1, 0.15) is 21.9 Å². The van der Waals surface area contributed by atoms with E-state index in [9.17, 15) is 9.59 Å². The van der Waals surface area contributed by atoms with Crippen molar-refractivity contribution in [2.24, 2.45) is 0 Å². The number of carbonyl (C=O) groups excluding carboxylic acids is 1. The summed E-state index contributed by atoms with van der Waals surface area (Å²) < 4.78 is 18.3. The van der Waals surface area contributed by atoms with Crippen molar-refractivity contribution in [2.75, 3.05) is 27.9 Å². The van der Waals surface area contributed by atoms with Crippen molar-refractivity contribution in [3.63, 3.8) is 0 Å². The number of methoxy groups -OCH3 is 2. The number of benzene rings is 3. The number of esters is 1. The summed E-state index contributed by atoms with van der Waals surface area (Å²) in [5.41, 5.74) is 3.34. The summed E-state index contributed by atoms with van der Waals surface area (Å²) in [7, 11) is 5.25. The number of rotatable bonds is 11. The third kappa shape index (κ3) is 6.46. The molecule has 2 heterocycles. The number of thiophene rings is 1. The van der Waals surface area contributed by atoms with Gasteiger partial charge in [0, 0.05) is 34.7 Å². The molecule has 0 fully saturated rings. The number of aromatic nitrogens is 1. The fourth-order valence-corrected chi connectivity index (χ4v) is 6.64. The lowest BCUT2D eigenvalue weighted by molar-refractivity contribution is 0.0524. The van der Waals surface area contributed by atoms with Crippen LogP contribution in [0.2, 0.25) is 5.02 Å². The molecule has 0 amide bonds. The zero-order chi connectivity index (χ0) is 30.5. The van der Waals surface area contributed by atoms with Gasteiger partial charge in [0.05, 0.1) is 32.8 Å². The van der Waals surface area contributed by atoms with Crippen molar-refractivity contribution < 1.29 is 19.0 Å². The highest BCUT2D eigenvalue weighted by Crippen LogP contribution is 2.39. The van der Waals surface area contributed by atoms with E-state index < -0.39 is 5.97 Å². The molecule has 0 aliphatic heterocycles. The molecule has 2 aromatic heterocycles. The molecule has 0 saturated carbocycles. The van der Waals surface area contributed by atoms with Gasteiger partial charge < -0.3 is 18.8 Å². The summed E-state index contributed by atoms with van der Waals surface area (Å²) in [6.45, 7) is 3.31. The van der Waals surface area contributed by atoms with Gasteiger partial charge in [-0.15, -0.1) is 11.3 Å². The van der Waals surface area contributed by atoms with Crippen molar-refractivity contribution in [1.82, 2.24) is 9.47 Å². The fraction of sp³-hybridized carbons (Fsp3) is 0.235. The third-order valence-corrected chi connectivity index (χ3v) is 8.90. The first-order chi connectivity index (χ1) is 20.8. The van der Waals surface area contributed by atoms with Crippen LogP contribution in [0.5, 0.6) is 11.5 Å².